The van der Waals surface area contributed by atoms with Crippen LogP contribution in [-0.4, -0.2) is 14.2 Å². The van der Waals surface area contributed by atoms with Gasteiger partial charge in [-0.25, -0.2) is 8.42 Å². The standard InChI is InChI=1S/C16H19NO2S/c1-13-7-5-11-15(16(13)17)20(18,19)12-6-10-14-8-3-2-4-9-14/h2-5,7-9,11H,6,10,12,17H2,1H3. The van der Waals surface area contributed by atoms with Crippen molar-refractivity contribution in [3.8, 4) is 0 Å². The summed E-state index contributed by atoms with van der Waals surface area (Å²) < 4.78 is 24.6. The Labute approximate surface area is 120 Å². The van der Waals surface area contributed by atoms with Gasteiger partial charge < -0.3 is 5.73 Å². The van der Waals surface area contributed by atoms with Crippen LogP contribution in [0.5, 0.6) is 0 Å². The number of hydrogen-bond acceptors (Lipinski definition) is 3. The summed E-state index contributed by atoms with van der Waals surface area (Å²) in [6.45, 7) is 1.82. The largest absolute Gasteiger partial charge is 0.397 e. The summed E-state index contributed by atoms with van der Waals surface area (Å²) in [7, 11) is -3.31. The number of sulfone groups is 1. The lowest BCUT2D eigenvalue weighted by Crippen LogP contribution is -2.11. The van der Waals surface area contributed by atoms with Gasteiger partial charge >= 0.3 is 0 Å². The summed E-state index contributed by atoms with van der Waals surface area (Å²) in [5, 5.41) is 0. The zero-order valence-corrected chi connectivity index (χ0v) is 12.4. The van der Waals surface area contributed by atoms with Crippen molar-refractivity contribution in [3.05, 3.63) is 59.7 Å². The molecule has 0 aliphatic heterocycles. The molecule has 2 aromatic rings. The average Bonchev–Trinajstić information content (AvgIpc) is 2.42. The van der Waals surface area contributed by atoms with Crippen LogP contribution in [0.4, 0.5) is 5.69 Å². The van der Waals surface area contributed by atoms with E-state index in [9.17, 15) is 8.42 Å². The van der Waals surface area contributed by atoms with Crippen molar-refractivity contribution < 1.29 is 8.42 Å². The zero-order chi connectivity index (χ0) is 14.6. The van der Waals surface area contributed by atoms with Crippen molar-refractivity contribution in [2.75, 3.05) is 11.5 Å². The van der Waals surface area contributed by atoms with E-state index in [-0.39, 0.29) is 10.6 Å². The molecule has 0 amide bonds. The third-order valence-electron chi connectivity index (χ3n) is 3.34. The molecule has 0 heterocycles. The molecule has 20 heavy (non-hydrogen) atoms. The molecular weight excluding hydrogens is 270 g/mol. The summed E-state index contributed by atoms with van der Waals surface area (Å²) in [6, 6.07) is 15.0. The zero-order valence-electron chi connectivity index (χ0n) is 11.5. The lowest BCUT2D eigenvalue weighted by molar-refractivity contribution is 0.593. The maximum atomic E-state index is 12.3. The molecule has 0 saturated carbocycles. The fraction of sp³-hybridized carbons (Fsp3) is 0.250. The quantitative estimate of drug-likeness (QED) is 0.861. The van der Waals surface area contributed by atoms with Crippen LogP contribution in [0.25, 0.3) is 0 Å². The topological polar surface area (TPSA) is 60.2 Å². The number of nitrogen functional groups attached to an aromatic ring is 1. The minimum Gasteiger partial charge on any atom is -0.397 e. The van der Waals surface area contributed by atoms with Crippen LogP contribution in [0.3, 0.4) is 0 Å². The van der Waals surface area contributed by atoms with Crippen LogP contribution in [-0.2, 0) is 16.3 Å². The van der Waals surface area contributed by atoms with E-state index in [1.54, 1.807) is 12.1 Å². The molecule has 0 aromatic heterocycles. The maximum Gasteiger partial charge on any atom is 0.180 e. The Morgan fingerprint density at radius 3 is 2.40 bits per heavy atom. The number of aryl methyl sites for hydroxylation is 2. The highest BCUT2D eigenvalue weighted by atomic mass is 32.2. The number of para-hydroxylation sites is 1. The Morgan fingerprint density at radius 1 is 1.00 bits per heavy atom. The predicted molar refractivity (Wildman–Crippen MR) is 82.4 cm³/mol. The highest BCUT2D eigenvalue weighted by Crippen LogP contribution is 2.23. The number of benzene rings is 2. The molecule has 0 fully saturated rings. The van der Waals surface area contributed by atoms with Crippen molar-refractivity contribution in [2.24, 2.45) is 0 Å². The van der Waals surface area contributed by atoms with Crippen molar-refractivity contribution in [3.63, 3.8) is 0 Å². The van der Waals surface area contributed by atoms with Gasteiger partial charge in [0.25, 0.3) is 0 Å². The van der Waals surface area contributed by atoms with Crippen LogP contribution in [0.15, 0.2) is 53.4 Å². The molecule has 2 rings (SSSR count). The molecule has 0 unspecified atom stereocenters. The summed E-state index contributed by atoms with van der Waals surface area (Å²) in [6.07, 6.45) is 1.35. The second-order valence-corrected chi connectivity index (χ2v) is 6.97. The van der Waals surface area contributed by atoms with E-state index < -0.39 is 9.84 Å². The first-order valence-electron chi connectivity index (χ1n) is 6.62. The smallest absolute Gasteiger partial charge is 0.180 e. The molecule has 0 radical (unpaired) electrons. The Morgan fingerprint density at radius 2 is 1.70 bits per heavy atom. The molecule has 0 spiro atoms. The number of nitrogens with two attached hydrogens (primary N) is 1. The third-order valence-corrected chi connectivity index (χ3v) is 5.19. The number of hydrogen-bond donors (Lipinski definition) is 1. The van der Waals surface area contributed by atoms with Gasteiger partial charge in [-0.2, -0.15) is 0 Å². The van der Waals surface area contributed by atoms with Gasteiger partial charge in [0, 0.05) is 0 Å². The van der Waals surface area contributed by atoms with E-state index in [0.717, 1.165) is 17.5 Å². The van der Waals surface area contributed by atoms with Gasteiger partial charge in [0.15, 0.2) is 9.84 Å². The van der Waals surface area contributed by atoms with E-state index >= 15 is 0 Å². The van der Waals surface area contributed by atoms with Gasteiger partial charge in [-0.1, -0.05) is 42.5 Å². The molecule has 2 N–H and O–H groups in total. The van der Waals surface area contributed by atoms with E-state index in [4.69, 9.17) is 5.73 Å². The molecule has 4 heteroatoms. The Bertz CT molecular complexity index is 679. The van der Waals surface area contributed by atoms with Crippen LogP contribution in [0.2, 0.25) is 0 Å². The summed E-state index contributed by atoms with van der Waals surface area (Å²) in [5.41, 5.74) is 8.19. The average molecular weight is 289 g/mol. The predicted octanol–water partition coefficient (Wildman–Crippen LogP) is 2.98. The van der Waals surface area contributed by atoms with Gasteiger partial charge in [-0.05, 0) is 37.0 Å². The molecule has 0 aliphatic rings. The fourth-order valence-corrected chi connectivity index (χ4v) is 3.67. The first-order chi connectivity index (χ1) is 9.50. The lowest BCUT2D eigenvalue weighted by Gasteiger charge is -2.09. The Kier molecular flexibility index (Phi) is 4.45. The molecule has 0 aliphatic carbocycles. The summed E-state index contributed by atoms with van der Waals surface area (Å²) in [4.78, 5) is 0.255. The second kappa shape index (κ2) is 6.09. The van der Waals surface area contributed by atoms with Crippen LogP contribution < -0.4 is 5.73 Å². The van der Waals surface area contributed by atoms with Crippen molar-refractivity contribution >= 4 is 15.5 Å². The summed E-state index contributed by atoms with van der Waals surface area (Å²) in [5.74, 6) is 0.121. The first kappa shape index (κ1) is 14.6. The van der Waals surface area contributed by atoms with Crippen molar-refractivity contribution in [1.29, 1.82) is 0 Å². The Hall–Kier alpha value is -1.81. The Balaban J connectivity index is 2.06. The molecule has 3 nitrogen and oxygen atoms in total. The SMILES string of the molecule is Cc1cccc(S(=O)(=O)CCCc2ccccc2)c1N. The minimum absolute atomic E-state index is 0.121. The molecule has 106 valence electrons. The molecular formula is C16H19NO2S. The van der Waals surface area contributed by atoms with E-state index in [2.05, 4.69) is 0 Å². The van der Waals surface area contributed by atoms with Gasteiger partial charge in [-0.15, -0.1) is 0 Å². The monoisotopic (exact) mass is 289 g/mol. The van der Waals surface area contributed by atoms with E-state index in [0.29, 0.717) is 12.1 Å². The number of anilines is 1. The first-order valence-corrected chi connectivity index (χ1v) is 8.28. The minimum atomic E-state index is -3.31. The van der Waals surface area contributed by atoms with Crippen molar-refractivity contribution in [2.45, 2.75) is 24.7 Å². The van der Waals surface area contributed by atoms with Gasteiger partial charge in [0.1, 0.15) is 0 Å². The molecule has 0 atom stereocenters. The molecule has 0 saturated heterocycles. The van der Waals surface area contributed by atoms with E-state index in [1.165, 1.54) is 0 Å². The highest BCUT2D eigenvalue weighted by molar-refractivity contribution is 7.91. The summed E-state index contributed by atoms with van der Waals surface area (Å²) >= 11 is 0. The normalized spacial score (nSPS) is 11.4. The van der Waals surface area contributed by atoms with Crippen LogP contribution in [0.1, 0.15) is 17.5 Å². The molecule has 0 bridgehead atoms. The van der Waals surface area contributed by atoms with Crippen molar-refractivity contribution in [1.82, 2.24) is 0 Å². The third kappa shape index (κ3) is 3.39. The fourth-order valence-electron chi connectivity index (χ4n) is 2.15. The highest BCUT2D eigenvalue weighted by Gasteiger charge is 2.17. The van der Waals surface area contributed by atoms with Gasteiger partial charge in [-0.3, -0.25) is 0 Å². The van der Waals surface area contributed by atoms with Crippen LogP contribution >= 0.6 is 0 Å². The lowest BCUT2D eigenvalue weighted by atomic mass is 10.1. The van der Waals surface area contributed by atoms with Gasteiger partial charge in [0.05, 0.1) is 16.3 Å². The molecule has 2 aromatic carbocycles. The van der Waals surface area contributed by atoms with E-state index in [1.807, 2.05) is 43.3 Å². The number of rotatable bonds is 5. The maximum absolute atomic E-state index is 12.3. The van der Waals surface area contributed by atoms with Gasteiger partial charge in [0.2, 0.25) is 0 Å². The second-order valence-electron chi connectivity index (χ2n) is 4.89. The van der Waals surface area contributed by atoms with Crippen LogP contribution in [0, 0.1) is 6.92 Å².